The molecule has 2 heterocycles. The molecule has 0 N–H and O–H groups in total. The summed E-state index contributed by atoms with van der Waals surface area (Å²) in [5, 5.41) is 4.12. The molecule has 1 aromatic carbocycles. The van der Waals surface area contributed by atoms with Crippen LogP contribution in [0.4, 0.5) is 0 Å². The van der Waals surface area contributed by atoms with Gasteiger partial charge in [0, 0.05) is 12.6 Å². The van der Waals surface area contributed by atoms with Crippen molar-refractivity contribution < 1.29 is 4.84 Å². The SMILES string of the molecule is c1ccc(C2CC(c3ccccn3)=NO2)cc1. The Labute approximate surface area is 99.8 Å². The predicted octanol–water partition coefficient (Wildman–Crippen LogP) is 2.95. The van der Waals surface area contributed by atoms with Crippen LogP contribution in [0.2, 0.25) is 0 Å². The molecule has 0 saturated heterocycles. The minimum absolute atomic E-state index is 0.0215. The van der Waals surface area contributed by atoms with Crippen molar-refractivity contribution in [2.45, 2.75) is 12.5 Å². The van der Waals surface area contributed by atoms with Crippen LogP contribution in [0.5, 0.6) is 0 Å². The monoisotopic (exact) mass is 224 g/mol. The fourth-order valence-electron chi connectivity index (χ4n) is 1.91. The molecular weight excluding hydrogens is 212 g/mol. The van der Waals surface area contributed by atoms with Gasteiger partial charge in [-0.25, -0.2) is 0 Å². The zero-order valence-corrected chi connectivity index (χ0v) is 9.28. The van der Waals surface area contributed by atoms with Crippen molar-refractivity contribution in [1.29, 1.82) is 0 Å². The molecule has 1 aliphatic heterocycles. The predicted molar refractivity (Wildman–Crippen MR) is 65.7 cm³/mol. The molecule has 2 aromatic rings. The zero-order valence-electron chi connectivity index (χ0n) is 9.28. The number of hydrogen-bond acceptors (Lipinski definition) is 3. The third kappa shape index (κ3) is 2.04. The van der Waals surface area contributed by atoms with Gasteiger partial charge < -0.3 is 4.84 Å². The van der Waals surface area contributed by atoms with E-state index in [1.165, 1.54) is 0 Å². The van der Waals surface area contributed by atoms with Crippen molar-refractivity contribution in [3.8, 4) is 0 Å². The average Bonchev–Trinajstić information content (AvgIpc) is 2.90. The fourth-order valence-corrected chi connectivity index (χ4v) is 1.91. The highest BCUT2D eigenvalue weighted by molar-refractivity contribution is 5.99. The standard InChI is InChI=1S/C14H12N2O/c1-2-6-11(7-3-1)14-10-13(16-17-14)12-8-4-5-9-15-12/h1-9,14H,10H2. The van der Waals surface area contributed by atoms with Gasteiger partial charge in [0.1, 0.15) is 5.71 Å². The Bertz CT molecular complexity index is 522. The maximum Gasteiger partial charge on any atom is 0.158 e. The zero-order chi connectivity index (χ0) is 11.5. The Kier molecular flexibility index (Phi) is 2.58. The smallest absolute Gasteiger partial charge is 0.158 e. The van der Waals surface area contributed by atoms with Gasteiger partial charge in [0.15, 0.2) is 6.10 Å². The molecule has 0 aliphatic carbocycles. The van der Waals surface area contributed by atoms with E-state index in [-0.39, 0.29) is 6.10 Å². The summed E-state index contributed by atoms with van der Waals surface area (Å²) in [4.78, 5) is 9.73. The van der Waals surface area contributed by atoms with E-state index in [0.717, 1.165) is 23.4 Å². The van der Waals surface area contributed by atoms with Gasteiger partial charge in [0.2, 0.25) is 0 Å². The number of nitrogens with zero attached hydrogens (tertiary/aromatic N) is 2. The second-order valence-electron chi connectivity index (χ2n) is 3.96. The van der Waals surface area contributed by atoms with Crippen LogP contribution in [0.15, 0.2) is 59.9 Å². The quantitative estimate of drug-likeness (QED) is 0.786. The van der Waals surface area contributed by atoms with Crippen LogP contribution in [-0.2, 0) is 4.84 Å². The molecule has 0 saturated carbocycles. The third-order valence-corrected chi connectivity index (χ3v) is 2.80. The molecule has 1 aromatic heterocycles. The van der Waals surface area contributed by atoms with Gasteiger partial charge in [-0.15, -0.1) is 0 Å². The Balaban J connectivity index is 1.78. The van der Waals surface area contributed by atoms with Gasteiger partial charge in [-0.2, -0.15) is 0 Å². The van der Waals surface area contributed by atoms with Gasteiger partial charge in [-0.1, -0.05) is 41.6 Å². The van der Waals surface area contributed by atoms with Gasteiger partial charge in [-0.05, 0) is 17.7 Å². The van der Waals surface area contributed by atoms with Crippen LogP contribution in [0.25, 0.3) is 0 Å². The van der Waals surface area contributed by atoms with Crippen molar-refractivity contribution in [1.82, 2.24) is 4.98 Å². The van der Waals surface area contributed by atoms with Crippen molar-refractivity contribution in [2.24, 2.45) is 5.16 Å². The molecule has 17 heavy (non-hydrogen) atoms. The summed E-state index contributed by atoms with van der Waals surface area (Å²) in [7, 11) is 0. The Morgan fingerprint density at radius 2 is 1.82 bits per heavy atom. The fraction of sp³-hybridized carbons (Fsp3) is 0.143. The third-order valence-electron chi connectivity index (χ3n) is 2.80. The van der Waals surface area contributed by atoms with Gasteiger partial charge in [-0.3, -0.25) is 4.98 Å². The molecule has 1 unspecified atom stereocenters. The Hall–Kier alpha value is -2.16. The molecule has 0 fully saturated rings. The minimum atomic E-state index is 0.0215. The maximum atomic E-state index is 5.45. The lowest BCUT2D eigenvalue weighted by molar-refractivity contribution is 0.0857. The number of hydrogen-bond donors (Lipinski definition) is 0. The van der Waals surface area contributed by atoms with Gasteiger partial charge >= 0.3 is 0 Å². The van der Waals surface area contributed by atoms with E-state index in [2.05, 4.69) is 22.3 Å². The molecule has 3 heteroatoms. The van der Waals surface area contributed by atoms with Crippen LogP contribution in [0.3, 0.4) is 0 Å². The molecule has 0 radical (unpaired) electrons. The minimum Gasteiger partial charge on any atom is -0.387 e. The number of aromatic nitrogens is 1. The van der Waals surface area contributed by atoms with Crippen molar-refractivity contribution in [2.75, 3.05) is 0 Å². The second kappa shape index (κ2) is 4.37. The van der Waals surface area contributed by atoms with E-state index in [1.807, 2.05) is 36.4 Å². The summed E-state index contributed by atoms with van der Waals surface area (Å²) in [5.41, 5.74) is 2.97. The van der Waals surface area contributed by atoms with Crippen molar-refractivity contribution in [3.63, 3.8) is 0 Å². The highest BCUT2D eigenvalue weighted by Crippen LogP contribution is 2.28. The number of rotatable bonds is 2. The van der Waals surface area contributed by atoms with E-state index >= 15 is 0 Å². The lowest BCUT2D eigenvalue weighted by Crippen LogP contribution is -2.02. The largest absolute Gasteiger partial charge is 0.387 e. The lowest BCUT2D eigenvalue weighted by Gasteiger charge is -2.07. The topological polar surface area (TPSA) is 34.5 Å². The maximum absolute atomic E-state index is 5.45. The summed E-state index contributed by atoms with van der Waals surface area (Å²) in [5.74, 6) is 0. The summed E-state index contributed by atoms with van der Waals surface area (Å²) in [6.45, 7) is 0. The first-order chi connectivity index (χ1) is 8.43. The molecule has 84 valence electrons. The van der Waals surface area contributed by atoms with Crippen LogP contribution >= 0.6 is 0 Å². The Morgan fingerprint density at radius 1 is 1.00 bits per heavy atom. The van der Waals surface area contributed by atoms with Crippen molar-refractivity contribution in [3.05, 3.63) is 66.0 Å². The molecule has 1 aliphatic rings. The van der Waals surface area contributed by atoms with E-state index in [4.69, 9.17) is 4.84 Å². The molecular formula is C14H12N2O. The average molecular weight is 224 g/mol. The second-order valence-corrected chi connectivity index (χ2v) is 3.96. The van der Waals surface area contributed by atoms with Gasteiger partial charge in [0.05, 0.1) is 5.69 Å². The summed E-state index contributed by atoms with van der Waals surface area (Å²) in [6.07, 6.45) is 2.57. The number of pyridine rings is 1. The molecule has 3 nitrogen and oxygen atoms in total. The van der Waals surface area contributed by atoms with E-state index in [0.29, 0.717) is 0 Å². The molecule has 0 spiro atoms. The molecule has 0 bridgehead atoms. The first-order valence-electron chi connectivity index (χ1n) is 5.62. The highest BCUT2D eigenvalue weighted by atomic mass is 16.6. The first-order valence-corrected chi connectivity index (χ1v) is 5.62. The molecule has 3 rings (SSSR count). The van der Waals surface area contributed by atoms with Crippen molar-refractivity contribution >= 4 is 5.71 Å². The summed E-state index contributed by atoms with van der Waals surface area (Å²) < 4.78 is 0. The van der Waals surface area contributed by atoms with Crippen LogP contribution in [0.1, 0.15) is 23.8 Å². The van der Waals surface area contributed by atoms with E-state index < -0.39 is 0 Å². The number of oxime groups is 1. The molecule has 1 atom stereocenters. The highest BCUT2D eigenvalue weighted by Gasteiger charge is 2.23. The molecule has 0 amide bonds. The van der Waals surface area contributed by atoms with Crippen LogP contribution in [0, 0.1) is 0 Å². The summed E-state index contributed by atoms with van der Waals surface area (Å²) >= 11 is 0. The Morgan fingerprint density at radius 3 is 2.59 bits per heavy atom. The number of benzene rings is 1. The normalized spacial score (nSPS) is 18.6. The first kappa shape index (κ1) is 10.0. The lowest BCUT2D eigenvalue weighted by atomic mass is 10.0. The van der Waals surface area contributed by atoms with E-state index in [9.17, 15) is 0 Å². The van der Waals surface area contributed by atoms with Crippen LogP contribution < -0.4 is 0 Å². The van der Waals surface area contributed by atoms with Crippen LogP contribution in [-0.4, -0.2) is 10.7 Å². The van der Waals surface area contributed by atoms with E-state index in [1.54, 1.807) is 6.20 Å². The summed E-state index contributed by atoms with van der Waals surface area (Å²) in [6, 6.07) is 15.9. The van der Waals surface area contributed by atoms with Gasteiger partial charge in [0.25, 0.3) is 0 Å².